The molecule has 212 valence electrons. The smallest absolute Gasteiger partial charge is 0.410 e. The number of carbonyl (C=O) groups is 1. The summed E-state index contributed by atoms with van der Waals surface area (Å²) in [5, 5.41) is 0. The van der Waals surface area contributed by atoms with E-state index in [9.17, 15) is 4.79 Å². The first-order valence-electron chi connectivity index (χ1n) is 15.6. The molecule has 0 aliphatic carbocycles. The minimum absolute atomic E-state index is 0.130. The van der Waals surface area contributed by atoms with Gasteiger partial charge in [-0.05, 0) is 113 Å². The van der Waals surface area contributed by atoms with Crippen LogP contribution in [-0.2, 0) is 23.0 Å². The third kappa shape index (κ3) is 6.70. The Kier molecular flexibility index (Phi) is 8.71. The molecule has 2 bridgehead atoms. The van der Waals surface area contributed by atoms with E-state index < -0.39 is 5.60 Å². The summed E-state index contributed by atoms with van der Waals surface area (Å²) in [4.78, 5) is 17.6. The van der Waals surface area contributed by atoms with Crippen LogP contribution >= 0.6 is 0 Å². The Hall–Kier alpha value is -2.33. The lowest BCUT2D eigenvalue weighted by atomic mass is 9.69. The number of fused-ring (bicyclic) bond motifs is 2. The van der Waals surface area contributed by atoms with Gasteiger partial charge < -0.3 is 9.64 Å². The Morgan fingerprint density at radius 1 is 0.923 bits per heavy atom. The van der Waals surface area contributed by atoms with Crippen LogP contribution in [0.3, 0.4) is 0 Å². The standard InChI is InChI=1S/C35H50N2O2/c1-5-28-12-9-10-13-29(28)24-27-25-31-16-11-17-32(26-27)37(31)23-20-35(30-14-7-6-8-15-30)18-21-36(22-19-35)33(38)39-34(2,3)4/h6-10,12-15,27,31-32H,5,11,16-26H2,1-4H3/t27?,31-,32?/m1/s1. The molecule has 3 heterocycles. The zero-order valence-corrected chi connectivity index (χ0v) is 24.8. The molecule has 3 atom stereocenters. The number of carbonyl (C=O) groups excluding carboxylic acids is 1. The molecule has 3 saturated heterocycles. The second-order valence-corrected chi connectivity index (χ2v) is 13.5. The molecule has 1 amide bonds. The van der Waals surface area contributed by atoms with E-state index in [0.717, 1.165) is 50.4 Å². The van der Waals surface area contributed by atoms with Crippen molar-refractivity contribution in [2.24, 2.45) is 5.92 Å². The number of rotatable bonds is 7. The van der Waals surface area contributed by atoms with Crippen LogP contribution in [0.5, 0.6) is 0 Å². The second-order valence-electron chi connectivity index (χ2n) is 13.5. The summed E-state index contributed by atoms with van der Waals surface area (Å²) in [6.45, 7) is 10.9. The number of benzene rings is 2. The molecule has 4 heteroatoms. The molecule has 0 saturated carbocycles. The van der Waals surface area contributed by atoms with Crippen molar-refractivity contribution in [3.63, 3.8) is 0 Å². The Balaban J connectivity index is 1.25. The van der Waals surface area contributed by atoms with Gasteiger partial charge in [0.15, 0.2) is 0 Å². The molecular weight excluding hydrogens is 480 g/mol. The van der Waals surface area contributed by atoms with Crippen LogP contribution in [0.25, 0.3) is 0 Å². The third-order valence-electron chi connectivity index (χ3n) is 9.84. The number of aryl methyl sites for hydroxylation is 1. The van der Waals surface area contributed by atoms with Crippen molar-refractivity contribution in [1.29, 1.82) is 0 Å². The highest BCUT2D eigenvalue weighted by Gasteiger charge is 2.42. The van der Waals surface area contributed by atoms with Gasteiger partial charge in [-0.15, -0.1) is 0 Å². The number of amides is 1. The summed E-state index contributed by atoms with van der Waals surface area (Å²) >= 11 is 0. The average molecular weight is 531 g/mol. The molecule has 2 unspecified atom stereocenters. The molecule has 4 nitrogen and oxygen atoms in total. The van der Waals surface area contributed by atoms with Crippen molar-refractivity contribution >= 4 is 6.09 Å². The van der Waals surface area contributed by atoms with E-state index >= 15 is 0 Å². The number of piperidine rings is 3. The highest BCUT2D eigenvalue weighted by atomic mass is 16.6. The monoisotopic (exact) mass is 530 g/mol. The van der Waals surface area contributed by atoms with Gasteiger partial charge in [-0.3, -0.25) is 4.90 Å². The summed E-state index contributed by atoms with van der Waals surface area (Å²) in [6, 6.07) is 21.7. The summed E-state index contributed by atoms with van der Waals surface area (Å²) < 4.78 is 5.70. The lowest BCUT2D eigenvalue weighted by molar-refractivity contribution is -0.000180. The number of hydrogen-bond donors (Lipinski definition) is 0. The molecule has 3 aliphatic rings. The number of ether oxygens (including phenoxy) is 1. The first-order chi connectivity index (χ1) is 18.8. The van der Waals surface area contributed by atoms with Gasteiger partial charge in [-0.1, -0.05) is 67.9 Å². The van der Waals surface area contributed by atoms with E-state index in [1.807, 2.05) is 25.7 Å². The van der Waals surface area contributed by atoms with Gasteiger partial charge in [0, 0.05) is 25.2 Å². The maximum absolute atomic E-state index is 12.8. The van der Waals surface area contributed by atoms with E-state index in [1.165, 1.54) is 62.6 Å². The zero-order chi connectivity index (χ0) is 27.5. The molecular formula is C35H50N2O2. The molecule has 2 aromatic carbocycles. The van der Waals surface area contributed by atoms with E-state index in [1.54, 1.807) is 5.56 Å². The summed E-state index contributed by atoms with van der Waals surface area (Å²) in [6.07, 6.45) is 12.2. The predicted molar refractivity (Wildman–Crippen MR) is 160 cm³/mol. The highest BCUT2D eigenvalue weighted by Crippen LogP contribution is 2.43. The molecule has 0 radical (unpaired) electrons. The van der Waals surface area contributed by atoms with Crippen molar-refractivity contribution < 1.29 is 9.53 Å². The molecule has 0 aromatic heterocycles. The van der Waals surface area contributed by atoms with Crippen LogP contribution in [0.15, 0.2) is 54.6 Å². The fraction of sp³-hybridized carbons (Fsp3) is 0.629. The van der Waals surface area contributed by atoms with Crippen LogP contribution in [0.1, 0.15) is 95.8 Å². The first-order valence-corrected chi connectivity index (χ1v) is 15.6. The predicted octanol–water partition coefficient (Wildman–Crippen LogP) is 7.78. The van der Waals surface area contributed by atoms with Gasteiger partial charge in [0.05, 0.1) is 0 Å². The Bertz CT molecular complexity index is 1070. The Morgan fingerprint density at radius 2 is 1.54 bits per heavy atom. The molecule has 3 fully saturated rings. The molecule has 2 aromatic rings. The fourth-order valence-corrected chi connectivity index (χ4v) is 7.80. The van der Waals surface area contributed by atoms with Gasteiger partial charge in [0.25, 0.3) is 0 Å². The third-order valence-corrected chi connectivity index (χ3v) is 9.84. The summed E-state index contributed by atoms with van der Waals surface area (Å²) in [7, 11) is 0. The minimum Gasteiger partial charge on any atom is -0.444 e. The van der Waals surface area contributed by atoms with Crippen molar-refractivity contribution in [3.05, 3.63) is 71.3 Å². The van der Waals surface area contributed by atoms with Crippen molar-refractivity contribution in [3.8, 4) is 0 Å². The molecule has 0 spiro atoms. The molecule has 0 N–H and O–H groups in total. The number of likely N-dealkylation sites (tertiary alicyclic amines) is 1. The van der Waals surface area contributed by atoms with Crippen molar-refractivity contribution in [2.75, 3.05) is 19.6 Å². The van der Waals surface area contributed by atoms with Crippen molar-refractivity contribution in [1.82, 2.24) is 9.80 Å². The van der Waals surface area contributed by atoms with Crippen molar-refractivity contribution in [2.45, 2.75) is 115 Å². The summed E-state index contributed by atoms with van der Waals surface area (Å²) in [5.74, 6) is 0.810. The van der Waals surface area contributed by atoms with E-state index in [2.05, 4.69) is 66.4 Å². The van der Waals surface area contributed by atoms with E-state index in [-0.39, 0.29) is 11.5 Å². The van der Waals surface area contributed by atoms with Crippen LogP contribution in [0.4, 0.5) is 4.79 Å². The fourth-order valence-electron chi connectivity index (χ4n) is 7.80. The lowest BCUT2D eigenvalue weighted by Gasteiger charge is -2.51. The van der Waals surface area contributed by atoms with Gasteiger partial charge in [0.2, 0.25) is 0 Å². The van der Waals surface area contributed by atoms with Crippen LogP contribution < -0.4 is 0 Å². The topological polar surface area (TPSA) is 32.8 Å². The first kappa shape index (κ1) is 28.2. The maximum atomic E-state index is 12.8. The number of nitrogens with zero attached hydrogens (tertiary/aromatic N) is 2. The quantitative estimate of drug-likeness (QED) is 0.366. The number of hydrogen-bond acceptors (Lipinski definition) is 3. The average Bonchev–Trinajstić information content (AvgIpc) is 2.92. The van der Waals surface area contributed by atoms with Gasteiger partial charge in [-0.25, -0.2) is 4.79 Å². The second kappa shape index (κ2) is 12.0. The minimum atomic E-state index is -0.451. The zero-order valence-electron chi connectivity index (χ0n) is 24.8. The van der Waals surface area contributed by atoms with Crippen LogP contribution in [0.2, 0.25) is 0 Å². The lowest BCUT2D eigenvalue weighted by Crippen LogP contribution is -2.54. The molecule has 3 aliphatic heterocycles. The van der Waals surface area contributed by atoms with Gasteiger partial charge in [-0.2, -0.15) is 0 Å². The van der Waals surface area contributed by atoms with E-state index in [0.29, 0.717) is 0 Å². The SMILES string of the molecule is CCc1ccccc1CC1CC2CCC[C@H](C1)N2CCC1(c2ccccc2)CCN(C(=O)OC(C)(C)C)CC1. The van der Waals surface area contributed by atoms with Gasteiger partial charge >= 0.3 is 6.09 Å². The van der Waals surface area contributed by atoms with Crippen LogP contribution in [0, 0.1) is 5.92 Å². The van der Waals surface area contributed by atoms with Crippen LogP contribution in [-0.4, -0.2) is 53.2 Å². The largest absolute Gasteiger partial charge is 0.444 e. The molecule has 5 rings (SSSR count). The molecule has 39 heavy (non-hydrogen) atoms. The Morgan fingerprint density at radius 3 is 2.15 bits per heavy atom. The Labute approximate surface area is 237 Å². The summed E-state index contributed by atoms with van der Waals surface area (Å²) in [5.41, 5.74) is 4.24. The van der Waals surface area contributed by atoms with E-state index in [4.69, 9.17) is 4.74 Å². The normalized spacial score (nSPS) is 25.3. The highest BCUT2D eigenvalue weighted by molar-refractivity contribution is 5.68. The maximum Gasteiger partial charge on any atom is 0.410 e. The van der Waals surface area contributed by atoms with Gasteiger partial charge in [0.1, 0.15) is 5.60 Å².